The molecule has 0 saturated carbocycles. The second-order valence-electron chi connectivity index (χ2n) is 10.2. The van der Waals surface area contributed by atoms with Gasteiger partial charge in [0.1, 0.15) is 6.10 Å². The van der Waals surface area contributed by atoms with E-state index < -0.39 is 6.10 Å². The quantitative estimate of drug-likeness (QED) is 0.0889. The molecule has 1 unspecified atom stereocenters. The molecule has 0 radical (unpaired) electrons. The topological polar surface area (TPSA) is 55.8 Å². The van der Waals surface area contributed by atoms with Crippen molar-refractivity contribution < 1.29 is 19.4 Å². The number of hydrogen-bond acceptors (Lipinski definition) is 4. The summed E-state index contributed by atoms with van der Waals surface area (Å²) in [6, 6.07) is 0. The Bertz CT molecular complexity index is 399. The summed E-state index contributed by atoms with van der Waals surface area (Å²) in [5, 5.41) is 9.26. The maximum absolute atomic E-state index is 11.5. The van der Waals surface area contributed by atoms with E-state index in [1.807, 2.05) is 6.92 Å². The first-order chi connectivity index (χ1) is 16.7. The largest absolute Gasteiger partial charge is 0.457 e. The Hall–Kier alpha value is -0.610. The first-order valence-electron chi connectivity index (χ1n) is 15.1. The Morgan fingerprint density at radius 3 is 1.32 bits per heavy atom. The first kappa shape index (κ1) is 33.4. The molecular formula is C30H60O4. The SMILES string of the molecule is CCCCCCCCCCCCCCCCCCCCCCCOCC(CO)OC(=O)CCC. The van der Waals surface area contributed by atoms with E-state index in [1.165, 1.54) is 128 Å². The Labute approximate surface area is 213 Å². The molecular weight excluding hydrogens is 424 g/mol. The highest BCUT2D eigenvalue weighted by Crippen LogP contribution is 2.15. The number of aliphatic hydroxyl groups is 1. The molecule has 0 aromatic carbocycles. The van der Waals surface area contributed by atoms with Gasteiger partial charge in [0, 0.05) is 13.0 Å². The highest BCUT2D eigenvalue weighted by molar-refractivity contribution is 5.69. The molecule has 1 N–H and O–H groups in total. The molecule has 0 aromatic rings. The molecule has 0 spiro atoms. The number of carbonyl (C=O) groups is 1. The molecule has 0 fully saturated rings. The third kappa shape index (κ3) is 26.0. The number of ether oxygens (including phenoxy) is 2. The van der Waals surface area contributed by atoms with Crippen molar-refractivity contribution >= 4 is 5.97 Å². The van der Waals surface area contributed by atoms with Gasteiger partial charge in [-0.2, -0.15) is 0 Å². The monoisotopic (exact) mass is 484 g/mol. The molecule has 1 atom stereocenters. The van der Waals surface area contributed by atoms with Crippen LogP contribution in [0.4, 0.5) is 0 Å². The fourth-order valence-electron chi connectivity index (χ4n) is 4.42. The predicted octanol–water partition coefficient (Wildman–Crippen LogP) is 8.92. The van der Waals surface area contributed by atoms with Gasteiger partial charge in [0.25, 0.3) is 0 Å². The summed E-state index contributed by atoms with van der Waals surface area (Å²) in [6.07, 6.45) is 29.8. The van der Waals surface area contributed by atoms with Crippen LogP contribution in [0.25, 0.3) is 0 Å². The van der Waals surface area contributed by atoms with Crippen LogP contribution >= 0.6 is 0 Å². The summed E-state index contributed by atoms with van der Waals surface area (Å²) in [6.45, 7) is 5.03. The zero-order valence-corrected chi connectivity index (χ0v) is 23.1. The van der Waals surface area contributed by atoms with Crippen molar-refractivity contribution in [2.75, 3.05) is 19.8 Å². The predicted molar refractivity (Wildman–Crippen MR) is 145 cm³/mol. The summed E-state index contributed by atoms with van der Waals surface area (Å²) in [5.74, 6) is -0.251. The van der Waals surface area contributed by atoms with Crippen molar-refractivity contribution in [3.63, 3.8) is 0 Å². The van der Waals surface area contributed by atoms with Crippen LogP contribution in [0.1, 0.15) is 162 Å². The molecule has 34 heavy (non-hydrogen) atoms. The van der Waals surface area contributed by atoms with Crippen molar-refractivity contribution in [2.24, 2.45) is 0 Å². The van der Waals surface area contributed by atoms with Crippen LogP contribution in [-0.2, 0) is 14.3 Å². The number of unbranched alkanes of at least 4 members (excludes halogenated alkanes) is 20. The Morgan fingerprint density at radius 2 is 0.971 bits per heavy atom. The fraction of sp³-hybridized carbons (Fsp3) is 0.967. The Kier molecular flexibility index (Phi) is 28.1. The van der Waals surface area contributed by atoms with Gasteiger partial charge >= 0.3 is 5.97 Å². The van der Waals surface area contributed by atoms with E-state index in [0.717, 1.165) is 12.8 Å². The zero-order chi connectivity index (χ0) is 25.0. The van der Waals surface area contributed by atoms with Crippen LogP contribution in [0.3, 0.4) is 0 Å². The molecule has 0 saturated heterocycles. The minimum absolute atomic E-state index is 0.172. The average molecular weight is 485 g/mol. The lowest BCUT2D eigenvalue weighted by Crippen LogP contribution is -2.27. The van der Waals surface area contributed by atoms with Crippen LogP contribution in [0.5, 0.6) is 0 Å². The molecule has 204 valence electrons. The maximum Gasteiger partial charge on any atom is 0.306 e. The van der Waals surface area contributed by atoms with Crippen molar-refractivity contribution in [1.82, 2.24) is 0 Å². The van der Waals surface area contributed by atoms with Crippen LogP contribution in [-0.4, -0.2) is 37.0 Å². The molecule has 0 aliphatic heterocycles. The molecule has 0 amide bonds. The van der Waals surface area contributed by atoms with E-state index in [9.17, 15) is 9.90 Å². The van der Waals surface area contributed by atoms with E-state index in [-0.39, 0.29) is 12.6 Å². The van der Waals surface area contributed by atoms with Gasteiger partial charge in [0.2, 0.25) is 0 Å². The number of hydrogen-bond donors (Lipinski definition) is 1. The highest BCUT2D eigenvalue weighted by atomic mass is 16.6. The first-order valence-corrected chi connectivity index (χ1v) is 15.1. The second-order valence-corrected chi connectivity index (χ2v) is 10.2. The molecule has 4 nitrogen and oxygen atoms in total. The Balaban J connectivity index is 3.18. The van der Waals surface area contributed by atoms with Gasteiger partial charge in [-0.25, -0.2) is 0 Å². The van der Waals surface area contributed by atoms with E-state index in [0.29, 0.717) is 19.6 Å². The normalized spacial score (nSPS) is 12.2. The van der Waals surface area contributed by atoms with Gasteiger partial charge in [0.05, 0.1) is 13.2 Å². The van der Waals surface area contributed by atoms with Gasteiger partial charge in [-0.1, -0.05) is 142 Å². The van der Waals surface area contributed by atoms with Crippen LogP contribution in [0.2, 0.25) is 0 Å². The van der Waals surface area contributed by atoms with E-state index in [1.54, 1.807) is 0 Å². The lowest BCUT2D eigenvalue weighted by molar-refractivity contribution is -0.154. The smallest absolute Gasteiger partial charge is 0.306 e. The third-order valence-corrected chi connectivity index (χ3v) is 6.65. The van der Waals surface area contributed by atoms with Crippen molar-refractivity contribution in [3.05, 3.63) is 0 Å². The number of rotatable bonds is 28. The van der Waals surface area contributed by atoms with E-state index >= 15 is 0 Å². The van der Waals surface area contributed by atoms with Gasteiger partial charge in [-0.15, -0.1) is 0 Å². The lowest BCUT2D eigenvalue weighted by Gasteiger charge is -2.15. The minimum Gasteiger partial charge on any atom is -0.457 e. The van der Waals surface area contributed by atoms with Crippen molar-refractivity contribution in [2.45, 2.75) is 168 Å². The molecule has 0 aliphatic carbocycles. The standard InChI is InChI=1S/C30H60O4/c1-3-5-6-7-8-9-10-11-12-13-14-15-16-17-18-19-20-21-22-23-24-26-33-28-29(27-31)34-30(32)25-4-2/h29,31H,3-28H2,1-2H3. The Morgan fingerprint density at radius 1 is 0.588 bits per heavy atom. The molecule has 0 rings (SSSR count). The van der Waals surface area contributed by atoms with E-state index in [2.05, 4.69) is 6.92 Å². The summed E-state index contributed by atoms with van der Waals surface area (Å²) >= 11 is 0. The van der Waals surface area contributed by atoms with Gasteiger partial charge in [-0.3, -0.25) is 4.79 Å². The van der Waals surface area contributed by atoms with Crippen LogP contribution in [0, 0.1) is 0 Å². The van der Waals surface area contributed by atoms with Gasteiger partial charge < -0.3 is 14.6 Å². The van der Waals surface area contributed by atoms with Crippen molar-refractivity contribution in [1.29, 1.82) is 0 Å². The maximum atomic E-state index is 11.5. The molecule has 0 bridgehead atoms. The summed E-state index contributed by atoms with van der Waals surface area (Å²) in [7, 11) is 0. The summed E-state index contributed by atoms with van der Waals surface area (Å²) in [5.41, 5.74) is 0. The minimum atomic E-state index is -0.519. The molecule has 4 heteroatoms. The van der Waals surface area contributed by atoms with Gasteiger partial charge in [0.15, 0.2) is 0 Å². The zero-order valence-electron chi connectivity index (χ0n) is 23.1. The summed E-state index contributed by atoms with van der Waals surface area (Å²) < 4.78 is 10.7. The molecule has 0 aliphatic rings. The summed E-state index contributed by atoms with van der Waals surface area (Å²) in [4.78, 5) is 11.5. The van der Waals surface area contributed by atoms with Crippen LogP contribution in [0.15, 0.2) is 0 Å². The lowest BCUT2D eigenvalue weighted by atomic mass is 10.0. The highest BCUT2D eigenvalue weighted by Gasteiger charge is 2.12. The second kappa shape index (κ2) is 28.6. The fourth-order valence-corrected chi connectivity index (χ4v) is 4.42. The number of carbonyl (C=O) groups excluding carboxylic acids is 1. The molecule has 0 aromatic heterocycles. The van der Waals surface area contributed by atoms with Gasteiger partial charge in [-0.05, 0) is 12.8 Å². The molecule has 0 heterocycles. The van der Waals surface area contributed by atoms with Crippen LogP contribution < -0.4 is 0 Å². The third-order valence-electron chi connectivity index (χ3n) is 6.65. The average Bonchev–Trinajstić information content (AvgIpc) is 2.83. The van der Waals surface area contributed by atoms with Crippen molar-refractivity contribution in [3.8, 4) is 0 Å². The van der Waals surface area contributed by atoms with E-state index in [4.69, 9.17) is 9.47 Å². The number of esters is 1. The number of aliphatic hydroxyl groups excluding tert-OH is 1.